The molecule has 0 radical (unpaired) electrons. The SMILES string of the molecule is CNc1cc(C(=O)NCc2cscc2C)c([N+](=O)[O-])cn1. The predicted octanol–water partition coefficient (Wildman–Crippen LogP) is 2.33. The zero-order chi connectivity index (χ0) is 15.4. The molecule has 2 aromatic heterocycles. The number of nitro groups is 1. The summed E-state index contributed by atoms with van der Waals surface area (Å²) in [4.78, 5) is 26.4. The van der Waals surface area contributed by atoms with Crippen molar-refractivity contribution in [1.29, 1.82) is 0 Å². The minimum atomic E-state index is -0.614. The summed E-state index contributed by atoms with van der Waals surface area (Å²) in [7, 11) is 1.63. The highest BCUT2D eigenvalue weighted by molar-refractivity contribution is 7.08. The molecule has 0 aliphatic carbocycles. The fraction of sp³-hybridized carbons (Fsp3) is 0.231. The maximum absolute atomic E-state index is 12.2. The highest BCUT2D eigenvalue weighted by atomic mass is 32.1. The summed E-state index contributed by atoms with van der Waals surface area (Å²) in [6.07, 6.45) is 1.08. The number of pyridine rings is 1. The van der Waals surface area contributed by atoms with Crippen LogP contribution in [-0.4, -0.2) is 22.9 Å². The third kappa shape index (κ3) is 3.34. The number of carbonyl (C=O) groups excluding carboxylic acids is 1. The molecule has 0 atom stereocenters. The van der Waals surface area contributed by atoms with Gasteiger partial charge in [-0.3, -0.25) is 14.9 Å². The molecule has 1 amide bonds. The lowest BCUT2D eigenvalue weighted by atomic mass is 10.2. The molecule has 0 aromatic carbocycles. The van der Waals surface area contributed by atoms with Crippen LogP contribution in [0.5, 0.6) is 0 Å². The third-order valence-corrected chi connectivity index (χ3v) is 3.89. The topological polar surface area (TPSA) is 97.2 Å². The van der Waals surface area contributed by atoms with E-state index in [4.69, 9.17) is 0 Å². The Morgan fingerprint density at radius 3 is 2.81 bits per heavy atom. The Labute approximate surface area is 125 Å². The molecule has 2 aromatic rings. The van der Waals surface area contributed by atoms with Gasteiger partial charge in [-0.1, -0.05) is 0 Å². The molecule has 0 spiro atoms. The van der Waals surface area contributed by atoms with Crippen molar-refractivity contribution in [2.75, 3.05) is 12.4 Å². The van der Waals surface area contributed by atoms with Crippen LogP contribution in [0.25, 0.3) is 0 Å². The number of anilines is 1. The van der Waals surface area contributed by atoms with Gasteiger partial charge in [-0.2, -0.15) is 11.3 Å². The molecule has 2 heterocycles. The van der Waals surface area contributed by atoms with E-state index in [1.165, 1.54) is 6.07 Å². The van der Waals surface area contributed by atoms with Gasteiger partial charge in [0.15, 0.2) is 0 Å². The van der Waals surface area contributed by atoms with Crippen LogP contribution in [0.3, 0.4) is 0 Å². The number of nitrogens with zero attached hydrogens (tertiary/aromatic N) is 2. The Bertz CT molecular complexity index is 684. The number of aryl methyl sites for hydroxylation is 1. The van der Waals surface area contributed by atoms with Crippen molar-refractivity contribution in [3.63, 3.8) is 0 Å². The number of amides is 1. The van der Waals surface area contributed by atoms with Gasteiger partial charge in [-0.05, 0) is 28.8 Å². The van der Waals surface area contributed by atoms with Crippen LogP contribution in [0.15, 0.2) is 23.0 Å². The van der Waals surface area contributed by atoms with Crippen molar-refractivity contribution >= 4 is 28.7 Å². The Morgan fingerprint density at radius 2 is 2.24 bits per heavy atom. The number of nitrogens with one attached hydrogen (secondary N) is 2. The van der Waals surface area contributed by atoms with E-state index in [0.717, 1.165) is 17.3 Å². The lowest BCUT2D eigenvalue weighted by Crippen LogP contribution is -2.24. The first kappa shape index (κ1) is 14.9. The summed E-state index contributed by atoms with van der Waals surface area (Å²) in [5.41, 5.74) is 1.76. The van der Waals surface area contributed by atoms with Crippen LogP contribution in [0.1, 0.15) is 21.5 Å². The quantitative estimate of drug-likeness (QED) is 0.652. The Morgan fingerprint density at radius 1 is 1.48 bits per heavy atom. The van der Waals surface area contributed by atoms with Gasteiger partial charge in [0.25, 0.3) is 11.6 Å². The summed E-state index contributed by atoms with van der Waals surface area (Å²) in [5, 5.41) is 20.4. The van der Waals surface area contributed by atoms with E-state index >= 15 is 0 Å². The summed E-state index contributed by atoms with van der Waals surface area (Å²) >= 11 is 1.55. The summed E-state index contributed by atoms with van der Waals surface area (Å²) in [6, 6.07) is 1.37. The van der Waals surface area contributed by atoms with Crippen LogP contribution in [0.4, 0.5) is 11.5 Å². The van der Waals surface area contributed by atoms with Crippen molar-refractivity contribution in [2.24, 2.45) is 0 Å². The van der Waals surface area contributed by atoms with Crippen LogP contribution in [0, 0.1) is 17.0 Å². The molecule has 0 bridgehead atoms. The maximum Gasteiger partial charge on any atom is 0.300 e. The van der Waals surface area contributed by atoms with Crippen molar-refractivity contribution in [3.8, 4) is 0 Å². The number of thiophene rings is 1. The second-order valence-corrected chi connectivity index (χ2v) is 5.10. The zero-order valence-electron chi connectivity index (χ0n) is 11.5. The molecule has 2 N–H and O–H groups in total. The lowest BCUT2D eigenvalue weighted by molar-refractivity contribution is -0.385. The standard InChI is InChI=1S/C13H14N4O3S/c1-8-6-21-7-9(8)4-16-13(18)10-3-12(14-2)15-5-11(10)17(19)20/h3,5-7H,4H2,1-2H3,(H,14,15)(H,16,18). The molecule has 110 valence electrons. The smallest absolute Gasteiger partial charge is 0.300 e. The molecule has 0 fully saturated rings. The first-order valence-electron chi connectivity index (χ1n) is 6.15. The van der Waals surface area contributed by atoms with Gasteiger partial charge in [0.1, 0.15) is 17.6 Å². The Balaban J connectivity index is 2.21. The minimum Gasteiger partial charge on any atom is -0.373 e. The number of aromatic nitrogens is 1. The first-order valence-corrected chi connectivity index (χ1v) is 7.09. The third-order valence-electron chi connectivity index (χ3n) is 2.98. The van der Waals surface area contributed by atoms with Crippen LogP contribution in [-0.2, 0) is 6.54 Å². The number of carbonyl (C=O) groups is 1. The van der Waals surface area contributed by atoms with E-state index < -0.39 is 10.8 Å². The number of rotatable bonds is 5. The van der Waals surface area contributed by atoms with E-state index in [-0.39, 0.29) is 11.3 Å². The van der Waals surface area contributed by atoms with E-state index in [9.17, 15) is 14.9 Å². The van der Waals surface area contributed by atoms with E-state index in [0.29, 0.717) is 12.4 Å². The largest absolute Gasteiger partial charge is 0.373 e. The summed E-state index contributed by atoms with van der Waals surface area (Å²) in [5.74, 6) is -0.0938. The fourth-order valence-corrected chi connectivity index (χ4v) is 2.61. The average molecular weight is 306 g/mol. The highest BCUT2D eigenvalue weighted by Gasteiger charge is 2.21. The molecule has 0 aliphatic heterocycles. The number of hydrogen-bond donors (Lipinski definition) is 2. The normalized spacial score (nSPS) is 10.2. The molecule has 7 nitrogen and oxygen atoms in total. The van der Waals surface area contributed by atoms with E-state index in [2.05, 4.69) is 15.6 Å². The van der Waals surface area contributed by atoms with Gasteiger partial charge in [-0.15, -0.1) is 0 Å². The molecular weight excluding hydrogens is 292 g/mol. The van der Waals surface area contributed by atoms with Crippen molar-refractivity contribution in [1.82, 2.24) is 10.3 Å². The monoisotopic (exact) mass is 306 g/mol. The molecule has 8 heteroatoms. The zero-order valence-corrected chi connectivity index (χ0v) is 12.4. The summed E-state index contributed by atoms with van der Waals surface area (Å²) < 4.78 is 0. The van der Waals surface area contributed by atoms with Crippen molar-refractivity contribution in [3.05, 3.63) is 49.8 Å². The van der Waals surface area contributed by atoms with Gasteiger partial charge in [0.2, 0.25) is 0 Å². The van der Waals surface area contributed by atoms with Gasteiger partial charge < -0.3 is 10.6 Å². The molecule has 0 aliphatic rings. The van der Waals surface area contributed by atoms with Gasteiger partial charge in [0, 0.05) is 19.7 Å². The minimum absolute atomic E-state index is 0.00719. The average Bonchev–Trinajstić information content (AvgIpc) is 2.89. The predicted molar refractivity (Wildman–Crippen MR) is 80.7 cm³/mol. The molecule has 21 heavy (non-hydrogen) atoms. The maximum atomic E-state index is 12.2. The second kappa shape index (κ2) is 6.31. The first-order chi connectivity index (χ1) is 10.0. The molecular formula is C13H14N4O3S. The van der Waals surface area contributed by atoms with E-state index in [1.807, 2.05) is 17.7 Å². The highest BCUT2D eigenvalue weighted by Crippen LogP contribution is 2.20. The Kier molecular flexibility index (Phi) is 4.49. The molecule has 0 saturated heterocycles. The van der Waals surface area contributed by atoms with Gasteiger partial charge in [0.05, 0.1) is 4.92 Å². The van der Waals surface area contributed by atoms with Gasteiger partial charge in [-0.25, -0.2) is 4.98 Å². The molecule has 0 saturated carbocycles. The fourth-order valence-electron chi connectivity index (χ4n) is 1.75. The van der Waals surface area contributed by atoms with Crippen LogP contribution < -0.4 is 10.6 Å². The lowest BCUT2D eigenvalue weighted by Gasteiger charge is -2.07. The van der Waals surface area contributed by atoms with Crippen LogP contribution in [0.2, 0.25) is 0 Å². The second-order valence-electron chi connectivity index (χ2n) is 4.36. The summed E-state index contributed by atoms with van der Waals surface area (Å²) in [6.45, 7) is 2.29. The molecule has 0 unspecified atom stereocenters. The van der Waals surface area contributed by atoms with Crippen molar-refractivity contribution in [2.45, 2.75) is 13.5 Å². The van der Waals surface area contributed by atoms with Gasteiger partial charge >= 0.3 is 0 Å². The number of hydrogen-bond acceptors (Lipinski definition) is 6. The molecule has 2 rings (SSSR count). The van der Waals surface area contributed by atoms with E-state index in [1.54, 1.807) is 18.4 Å². The Hall–Kier alpha value is -2.48. The van der Waals surface area contributed by atoms with Crippen LogP contribution >= 0.6 is 11.3 Å². The van der Waals surface area contributed by atoms with Crippen molar-refractivity contribution < 1.29 is 9.72 Å².